The minimum Gasteiger partial charge on any atom is -0.356 e. The van der Waals surface area contributed by atoms with Gasteiger partial charge in [0.05, 0.1) is 0 Å². The Morgan fingerprint density at radius 3 is 2.50 bits per heavy atom. The molecule has 1 saturated heterocycles. The van der Waals surface area contributed by atoms with Crippen molar-refractivity contribution in [3.63, 3.8) is 0 Å². The summed E-state index contributed by atoms with van der Waals surface area (Å²) in [6.45, 7) is 8.23. The van der Waals surface area contributed by atoms with Gasteiger partial charge in [-0.25, -0.2) is 0 Å². The van der Waals surface area contributed by atoms with E-state index in [1.807, 2.05) is 7.05 Å². The van der Waals surface area contributed by atoms with Crippen molar-refractivity contribution in [1.29, 1.82) is 0 Å². The molecular weight excluding hydrogens is 272 g/mol. The average molecular weight is 309 g/mol. The number of nitrogens with zero attached hydrogens (tertiary/aromatic N) is 2. The molecule has 2 N–H and O–H groups in total. The number of aliphatic imine (C=N–C) groups is 1. The van der Waals surface area contributed by atoms with Crippen molar-refractivity contribution in [2.45, 2.75) is 58.4 Å². The number of hydrogen-bond acceptors (Lipinski definition) is 2. The van der Waals surface area contributed by atoms with Gasteiger partial charge in [0.25, 0.3) is 0 Å². The molecule has 0 amide bonds. The summed E-state index contributed by atoms with van der Waals surface area (Å²) in [4.78, 5) is 6.86. The number of guanidine groups is 1. The van der Waals surface area contributed by atoms with Crippen LogP contribution in [-0.2, 0) is 0 Å². The molecule has 22 heavy (non-hydrogen) atoms. The quantitative estimate of drug-likeness (QED) is 0.620. The fourth-order valence-corrected chi connectivity index (χ4v) is 4.00. The highest BCUT2D eigenvalue weighted by Crippen LogP contribution is 2.29. The summed E-state index contributed by atoms with van der Waals surface area (Å²) in [5.74, 6) is 3.52. The van der Waals surface area contributed by atoms with Crippen LogP contribution in [0.15, 0.2) is 4.99 Å². The van der Waals surface area contributed by atoms with E-state index < -0.39 is 0 Å². The summed E-state index contributed by atoms with van der Waals surface area (Å²) in [6.07, 6.45) is 7.97. The summed E-state index contributed by atoms with van der Waals surface area (Å²) >= 11 is 0. The maximum atomic E-state index is 4.42. The second-order valence-corrected chi connectivity index (χ2v) is 7.72. The van der Waals surface area contributed by atoms with Gasteiger partial charge in [-0.05, 0) is 69.9 Å². The van der Waals surface area contributed by atoms with Crippen molar-refractivity contribution in [1.82, 2.24) is 15.5 Å². The third-order valence-electron chi connectivity index (χ3n) is 5.56. The SMILES string of the molecule is CN=C(NCC1CCCN(C)C1)NC1CCC(C(C)C)CC1. The standard InChI is InChI=1S/C18H36N4/c1-14(2)16-7-9-17(10-8-16)21-18(19-3)20-12-15-6-5-11-22(4)13-15/h14-17H,5-13H2,1-4H3,(H2,19,20,21). The zero-order valence-corrected chi connectivity index (χ0v) is 15.1. The van der Waals surface area contributed by atoms with E-state index in [2.05, 4.69) is 41.4 Å². The zero-order valence-electron chi connectivity index (χ0n) is 15.1. The van der Waals surface area contributed by atoms with Crippen LogP contribution in [0.5, 0.6) is 0 Å². The number of nitrogens with one attached hydrogen (secondary N) is 2. The van der Waals surface area contributed by atoms with Gasteiger partial charge >= 0.3 is 0 Å². The van der Waals surface area contributed by atoms with Gasteiger partial charge in [-0.1, -0.05) is 13.8 Å². The largest absolute Gasteiger partial charge is 0.356 e. The van der Waals surface area contributed by atoms with Crippen LogP contribution in [0.3, 0.4) is 0 Å². The molecule has 128 valence electrons. The Kier molecular flexibility index (Phi) is 7.00. The Balaban J connectivity index is 1.69. The molecule has 1 saturated carbocycles. The van der Waals surface area contributed by atoms with Gasteiger partial charge in [0, 0.05) is 26.2 Å². The minimum absolute atomic E-state index is 0.607. The minimum atomic E-state index is 0.607. The topological polar surface area (TPSA) is 39.7 Å². The molecule has 1 atom stereocenters. The van der Waals surface area contributed by atoms with E-state index in [1.165, 1.54) is 51.6 Å². The van der Waals surface area contributed by atoms with Crippen molar-refractivity contribution >= 4 is 5.96 Å². The van der Waals surface area contributed by atoms with Crippen LogP contribution >= 0.6 is 0 Å². The summed E-state index contributed by atoms with van der Waals surface area (Å²) < 4.78 is 0. The number of hydrogen-bond donors (Lipinski definition) is 2. The van der Waals surface area contributed by atoms with E-state index in [0.717, 1.165) is 30.3 Å². The zero-order chi connectivity index (χ0) is 15.9. The second-order valence-electron chi connectivity index (χ2n) is 7.72. The molecule has 0 spiro atoms. The lowest BCUT2D eigenvalue weighted by molar-refractivity contribution is 0.210. The highest BCUT2D eigenvalue weighted by atomic mass is 15.2. The molecule has 0 bridgehead atoms. The lowest BCUT2D eigenvalue weighted by Crippen LogP contribution is -2.47. The van der Waals surface area contributed by atoms with Gasteiger partial charge < -0.3 is 15.5 Å². The van der Waals surface area contributed by atoms with Crippen molar-refractivity contribution in [3.05, 3.63) is 0 Å². The first-order valence-electron chi connectivity index (χ1n) is 9.24. The number of likely N-dealkylation sites (tertiary alicyclic amines) is 1. The predicted octanol–water partition coefficient (Wildman–Crippen LogP) is 2.71. The highest BCUT2D eigenvalue weighted by molar-refractivity contribution is 5.79. The average Bonchev–Trinajstić information content (AvgIpc) is 2.52. The third-order valence-corrected chi connectivity index (χ3v) is 5.56. The van der Waals surface area contributed by atoms with E-state index in [0.29, 0.717) is 6.04 Å². The van der Waals surface area contributed by atoms with Gasteiger partial charge in [-0.15, -0.1) is 0 Å². The van der Waals surface area contributed by atoms with Crippen molar-refractivity contribution < 1.29 is 0 Å². The first-order chi connectivity index (χ1) is 10.6. The number of piperidine rings is 1. The molecule has 4 heteroatoms. The Bertz CT molecular complexity index is 345. The van der Waals surface area contributed by atoms with Gasteiger partial charge in [-0.3, -0.25) is 4.99 Å². The van der Waals surface area contributed by atoms with Crippen LogP contribution < -0.4 is 10.6 Å². The Labute approximate surface area is 137 Å². The van der Waals surface area contributed by atoms with Gasteiger partial charge in [0.1, 0.15) is 0 Å². The fourth-order valence-electron chi connectivity index (χ4n) is 4.00. The predicted molar refractivity (Wildman–Crippen MR) is 95.3 cm³/mol. The van der Waals surface area contributed by atoms with Gasteiger partial charge in [-0.2, -0.15) is 0 Å². The third kappa shape index (κ3) is 5.45. The summed E-state index contributed by atoms with van der Waals surface area (Å²) in [5, 5.41) is 7.19. The van der Waals surface area contributed by atoms with Crippen molar-refractivity contribution in [3.8, 4) is 0 Å². The summed E-state index contributed by atoms with van der Waals surface area (Å²) in [7, 11) is 4.12. The highest BCUT2D eigenvalue weighted by Gasteiger charge is 2.24. The van der Waals surface area contributed by atoms with Crippen molar-refractivity contribution in [2.75, 3.05) is 33.7 Å². The van der Waals surface area contributed by atoms with Crippen LogP contribution in [-0.4, -0.2) is 50.6 Å². The van der Waals surface area contributed by atoms with E-state index in [9.17, 15) is 0 Å². The summed E-state index contributed by atoms with van der Waals surface area (Å²) in [5.41, 5.74) is 0. The molecule has 4 nitrogen and oxygen atoms in total. The van der Waals surface area contributed by atoms with Gasteiger partial charge in [0.15, 0.2) is 5.96 Å². The molecule has 2 aliphatic rings. The van der Waals surface area contributed by atoms with Crippen molar-refractivity contribution in [2.24, 2.45) is 22.7 Å². The monoisotopic (exact) mass is 308 g/mol. The molecule has 1 heterocycles. The molecule has 0 aromatic carbocycles. The van der Waals surface area contributed by atoms with E-state index >= 15 is 0 Å². The lowest BCUT2D eigenvalue weighted by atomic mass is 9.80. The van der Waals surface area contributed by atoms with E-state index in [-0.39, 0.29) is 0 Å². The van der Waals surface area contributed by atoms with Crippen LogP contribution in [0.2, 0.25) is 0 Å². The van der Waals surface area contributed by atoms with Crippen LogP contribution in [0.1, 0.15) is 52.4 Å². The van der Waals surface area contributed by atoms with E-state index in [1.54, 1.807) is 0 Å². The smallest absolute Gasteiger partial charge is 0.191 e. The molecule has 0 radical (unpaired) electrons. The molecule has 2 rings (SSSR count). The van der Waals surface area contributed by atoms with Crippen LogP contribution in [0.25, 0.3) is 0 Å². The molecule has 1 aliphatic carbocycles. The molecule has 0 aromatic heterocycles. The van der Waals surface area contributed by atoms with Gasteiger partial charge in [0.2, 0.25) is 0 Å². The maximum absolute atomic E-state index is 4.42. The first kappa shape index (κ1) is 17.6. The number of rotatable bonds is 4. The van der Waals surface area contributed by atoms with E-state index in [4.69, 9.17) is 0 Å². The molecule has 2 fully saturated rings. The Hall–Kier alpha value is -0.770. The maximum Gasteiger partial charge on any atom is 0.191 e. The normalized spacial score (nSPS) is 31.3. The van der Waals surface area contributed by atoms with Crippen LogP contribution in [0, 0.1) is 17.8 Å². The molecule has 1 aliphatic heterocycles. The Morgan fingerprint density at radius 1 is 1.18 bits per heavy atom. The fraction of sp³-hybridized carbons (Fsp3) is 0.944. The first-order valence-corrected chi connectivity index (χ1v) is 9.24. The van der Waals surface area contributed by atoms with Crippen LogP contribution in [0.4, 0.5) is 0 Å². The second kappa shape index (κ2) is 8.76. The Morgan fingerprint density at radius 2 is 1.91 bits per heavy atom. The molecular formula is C18H36N4. The summed E-state index contributed by atoms with van der Waals surface area (Å²) in [6, 6.07) is 0.607. The molecule has 0 aromatic rings. The molecule has 1 unspecified atom stereocenters. The lowest BCUT2D eigenvalue weighted by Gasteiger charge is -2.33.